The Balaban J connectivity index is 2.44. The average Bonchev–Trinajstić information content (AvgIpc) is 2.35. The summed E-state index contributed by atoms with van der Waals surface area (Å²) in [5.41, 5.74) is 8.08. The van der Waals surface area contributed by atoms with E-state index in [0.29, 0.717) is 4.47 Å². The number of hydrogen-bond acceptors (Lipinski definition) is 1. The number of halogens is 4. The fourth-order valence-electron chi connectivity index (χ4n) is 1.64. The molecule has 0 bridgehead atoms. The normalized spacial score (nSPS) is 12.5. The zero-order valence-electron chi connectivity index (χ0n) is 9.13. The Labute approximate surface area is 135 Å². The van der Waals surface area contributed by atoms with Gasteiger partial charge in [-0.25, -0.2) is 4.39 Å². The Kier molecular flexibility index (Phi) is 4.80. The lowest BCUT2D eigenvalue weighted by Crippen LogP contribution is -2.13. The lowest BCUT2D eigenvalue weighted by Gasteiger charge is -2.15. The summed E-state index contributed by atoms with van der Waals surface area (Å²) >= 11 is 8.91. The lowest BCUT2D eigenvalue weighted by atomic mass is 10.00. The Morgan fingerprint density at radius 1 is 1.06 bits per heavy atom. The molecule has 0 saturated heterocycles. The van der Waals surface area contributed by atoms with E-state index in [1.54, 1.807) is 12.1 Å². The van der Waals surface area contributed by atoms with Crippen LogP contribution in [0.15, 0.2) is 45.3 Å². The van der Waals surface area contributed by atoms with Gasteiger partial charge in [0.05, 0.1) is 10.5 Å². The van der Waals surface area contributed by atoms with Crippen LogP contribution in [0.1, 0.15) is 17.2 Å². The van der Waals surface area contributed by atoms with Crippen molar-refractivity contribution < 1.29 is 4.39 Å². The quantitative estimate of drug-likeness (QED) is 0.596. The molecule has 1 nitrogen and oxygen atoms in total. The van der Waals surface area contributed by atoms with Crippen molar-refractivity contribution in [3.63, 3.8) is 0 Å². The molecule has 5 heteroatoms. The Morgan fingerprint density at radius 3 is 2.44 bits per heavy atom. The van der Waals surface area contributed by atoms with E-state index in [0.717, 1.165) is 19.2 Å². The van der Waals surface area contributed by atoms with Crippen molar-refractivity contribution in [1.82, 2.24) is 0 Å². The highest BCUT2D eigenvalue weighted by Gasteiger charge is 2.14. The summed E-state index contributed by atoms with van der Waals surface area (Å²) in [4.78, 5) is 0. The number of hydrogen-bond donors (Lipinski definition) is 1. The van der Waals surface area contributed by atoms with Gasteiger partial charge >= 0.3 is 0 Å². The first kappa shape index (κ1) is 14.4. The van der Waals surface area contributed by atoms with Crippen LogP contribution in [-0.2, 0) is 0 Å². The van der Waals surface area contributed by atoms with Gasteiger partial charge in [-0.15, -0.1) is 0 Å². The third-order valence-corrected chi connectivity index (χ3v) is 4.60. The topological polar surface area (TPSA) is 26.0 Å². The molecule has 0 aliphatic rings. The van der Waals surface area contributed by atoms with Gasteiger partial charge in [-0.3, -0.25) is 0 Å². The van der Waals surface area contributed by atoms with Crippen LogP contribution in [0.3, 0.4) is 0 Å². The van der Waals surface area contributed by atoms with Crippen molar-refractivity contribution in [3.8, 4) is 0 Å². The minimum absolute atomic E-state index is 0.285. The van der Waals surface area contributed by atoms with Crippen LogP contribution in [-0.4, -0.2) is 0 Å². The molecule has 0 amide bonds. The number of benzene rings is 2. The molecule has 94 valence electrons. The van der Waals surface area contributed by atoms with Crippen LogP contribution in [0.4, 0.5) is 4.39 Å². The SMILES string of the molecule is NC(c1ccc(F)c(Br)c1)c1cc(I)ccc1Br. The fourth-order valence-corrected chi connectivity index (χ4v) is 3.04. The minimum Gasteiger partial charge on any atom is -0.320 e. The van der Waals surface area contributed by atoms with Gasteiger partial charge in [-0.2, -0.15) is 0 Å². The summed E-state index contributed by atoms with van der Waals surface area (Å²) in [6, 6.07) is 10.5. The van der Waals surface area contributed by atoms with E-state index in [1.165, 1.54) is 6.07 Å². The van der Waals surface area contributed by atoms with Crippen LogP contribution in [0.5, 0.6) is 0 Å². The molecule has 2 aromatic rings. The van der Waals surface area contributed by atoms with Crippen molar-refractivity contribution in [2.24, 2.45) is 5.73 Å². The summed E-state index contributed by atoms with van der Waals surface area (Å²) in [6.07, 6.45) is 0. The second-order valence-corrected chi connectivity index (χ2v) is 6.77. The first-order valence-corrected chi connectivity index (χ1v) is 7.81. The monoisotopic (exact) mass is 483 g/mol. The molecule has 0 saturated carbocycles. The first-order chi connectivity index (χ1) is 8.49. The molecule has 0 fully saturated rings. The van der Waals surface area contributed by atoms with Gasteiger partial charge in [-0.1, -0.05) is 22.0 Å². The molecule has 0 radical (unpaired) electrons. The summed E-state index contributed by atoms with van der Waals surface area (Å²) in [6.45, 7) is 0. The summed E-state index contributed by atoms with van der Waals surface area (Å²) < 4.78 is 15.7. The summed E-state index contributed by atoms with van der Waals surface area (Å²) in [5, 5.41) is 0. The largest absolute Gasteiger partial charge is 0.320 e. The molecule has 18 heavy (non-hydrogen) atoms. The van der Waals surface area contributed by atoms with Gasteiger partial charge in [0.15, 0.2) is 0 Å². The van der Waals surface area contributed by atoms with E-state index in [-0.39, 0.29) is 11.9 Å². The molecule has 2 rings (SSSR count). The van der Waals surface area contributed by atoms with Crippen LogP contribution in [0.25, 0.3) is 0 Å². The summed E-state index contributed by atoms with van der Waals surface area (Å²) in [5.74, 6) is -0.285. The highest BCUT2D eigenvalue weighted by atomic mass is 127. The maximum absolute atomic E-state index is 13.2. The second-order valence-electron chi connectivity index (χ2n) is 3.82. The van der Waals surface area contributed by atoms with Crippen LogP contribution in [0.2, 0.25) is 0 Å². The predicted octanol–water partition coefficient (Wildman–Crippen LogP) is 5.00. The number of nitrogens with two attached hydrogens (primary N) is 1. The van der Waals surface area contributed by atoms with Crippen LogP contribution >= 0.6 is 54.5 Å². The molecule has 2 aromatic carbocycles. The Hall–Kier alpha value is 0.0200. The molecule has 0 aromatic heterocycles. The van der Waals surface area contributed by atoms with Crippen LogP contribution in [0, 0.1) is 9.39 Å². The third kappa shape index (κ3) is 3.12. The van der Waals surface area contributed by atoms with E-state index >= 15 is 0 Å². The van der Waals surface area contributed by atoms with Crippen molar-refractivity contribution in [2.45, 2.75) is 6.04 Å². The molecule has 2 N–H and O–H groups in total. The molecular weight excluding hydrogens is 476 g/mol. The van der Waals surface area contributed by atoms with Gasteiger partial charge in [0.1, 0.15) is 5.82 Å². The molecule has 0 aliphatic heterocycles. The third-order valence-electron chi connectivity index (χ3n) is 2.60. The van der Waals surface area contributed by atoms with Crippen molar-refractivity contribution in [3.05, 3.63) is 65.9 Å². The van der Waals surface area contributed by atoms with Crippen molar-refractivity contribution in [2.75, 3.05) is 0 Å². The molecule has 1 atom stereocenters. The highest BCUT2D eigenvalue weighted by molar-refractivity contribution is 14.1. The van der Waals surface area contributed by atoms with E-state index in [1.807, 2.05) is 18.2 Å². The molecule has 0 spiro atoms. The van der Waals surface area contributed by atoms with Crippen LogP contribution < -0.4 is 5.73 Å². The minimum atomic E-state index is -0.286. The second kappa shape index (κ2) is 5.98. The lowest BCUT2D eigenvalue weighted by molar-refractivity contribution is 0.619. The predicted molar refractivity (Wildman–Crippen MR) is 87.0 cm³/mol. The van der Waals surface area contributed by atoms with E-state index < -0.39 is 0 Å². The van der Waals surface area contributed by atoms with Gasteiger partial charge in [0.25, 0.3) is 0 Å². The maximum atomic E-state index is 13.2. The number of rotatable bonds is 2. The van der Waals surface area contributed by atoms with Gasteiger partial charge in [0.2, 0.25) is 0 Å². The molecular formula is C13H9Br2FIN. The van der Waals surface area contributed by atoms with E-state index in [4.69, 9.17) is 5.73 Å². The van der Waals surface area contributed by atoms with E-state index in [2.05, 4.69) is 54.5 Å². The van der Waals surface area contributed by atoms with Crippen molar-refractivity contribution >= 4 is 54.5 Å². The molecule has 0 aliphatic carbocycles. The molecule has 1 unspecified atom stereocenters. The molecule has 0 heterocycles. The van der Waals surface area contributed by atoms with Crippen molar-refractivity contribution in [1.29, 1.82) is 0 Å². The zero-order chi connectivity index (χ0) is 13.3. The Morgan fingerprint density at radius 2 is 1.78 bits per heavy atom. The highest BCUT2D eigenvalue weighted by Crippen LogP contribution is 2.30. The fraction of sp³-hybridized carbons (Fsp3) is 0.0769. The van der Waals surface area contributed by atoms with Gasteiger partial charge in [-0.05, 0) is 80.0 Å². The zero-order valence-corrected chi connectivity index (χ0v) is 14.5. The maximum Gasteiger partial charge on any atom is 0.137 e. The van der Waals surface area contributed by atoms with Gasteiger partial charge < -0.3 is 5.73 Å². The Bertz CT molecular complexity index is 589. The standard InChI is InChI=1S/C13H9Br2FIN/c14-10-3-2-8(17)6-9(10)13(18)7-1-4-12(16)11(15)5-7/h1-6,13H,18H2. The smallest absolute Gasteiger partial charge is 0.137 e. The summed E-state index contributed by atoms with van der Waals surface area (Å²) in [7, 11) is 0. The van der Waals surface area contributed by atoms with Gasteiger partial charge in [0, 0.05) is 8.04 Å². The average molecular weight is 485 g/mol. The first-order valence-electron chi connectivity index (χ1n) is 5.14. The van der Waals surface area contributed by atoms with E-state index in [9.17, 15) is 4.39 Å².